The maximum Gasteiger partial charge on any atom is 0.240 e. The van der Waals surface area contributed by atoms with Gasteiger partial charge in [-0.05, 0) is 56.6 Å². The Hall–Kier alpha value is -1.20. The molecule has 0 spiro atoms. The molecule has 0 aromatic heterocycles. The van der Waals surface area contributed by atoms with E-state index in [9.17, 15) is 13.2 Å². The number of ketones is 1. The fraction of sp³-hybridized carbons (Fsp3) is 0.533. The first-order valence-corrected chi connectivity index (χ1v) is 8.59. The Kier molecular flexibility index (Phi) is 3.42. The second kappa shape index (κ2) is 4.97. The lowest BCUT2D eigenvalue weighted by atomic mass is 10.1. The summed E-state index contributed by atoms with van der Waals surface area (Å²) in [5.41, 5.74) is 0.433. The van der Waals surface area contributed by atoms with Crippen LogP contribution in [0.5, 0.6) is 0 Å². The lowest BCUT2D eigenvalue weighted by Crippen LogP contribution is -2.38. The van der Waals surface area contributed by atoms with Gasteiger partial charge in [-0.15, -0.1) is 0 Å². The molecule has 0 heterocycles. The summed E-state index contributed by atoms with van der Waals surface area (Å²) in [6, 6.07) is 6.35. The predicted octanol–water partition coefficient (Wildman–Crippen LogP) is 2.36. The molecule has 2 fully saturated rings. The minimum atomic E-state index is -3.53. The number of benzene rings is 1. The summed E-state index contributed by atoms with van der Waals surface area (Å²) in [6.07, 6.45) is 4.49. The molecule has 0 unspecified atom stereocenters. The van der Waals surface area contributed by atoms with Crippen LogP contribution >= 0.6 is 0 Å². The standard InChI is InChI=1S/C15H19NO3S/c1-10(17)13-3-2-4-14(9-13)20(18,19)16-15(11-5-6-11)12-7-8-12/h2-4,9,11-12,15-16H,5-8H2,1H3. The van der Waals surface area contributed by atoms with E-state index in [4.69, 9.17) is 0 Å². The van der Waals surface area contributed by atoms with Crippen LogP contribution in [0.3, 0.4) is 0 Å². The van der Waals surface area contributed by atoms with E-state index in [1.807, 2.05) is 0 Å². The Morgan fingerprint density at radius 3 is 2.30 bits per heavy atom. The highest BCUT2D eigenvalue weighted by Crippen LogP contribution is 2.45. The van der Waals surface area contributed by atoms with Crippen LogP contribution < -0.4 is 4.72 Å². The average Bonchev–Trinajstić information content (AvgIpc) is 3.29. The van der Waals surface area contributed by atoms with Crippen molar-refractivity contribution >= 4 is 15.8 Å². The SMILES string of the molecule is CC(=O)c1cccc(S(=O)(=O)NC(C2CC2)C2CC2)c1. The Balaban J connectivity index is 1.83. The molecule has 4 nitrogen and oxygen atoms in total. The molecule has 5 heteroatoms. The van der Waals surface area contributed by atoms with Crippen molar-refractivity contribution in [1.82, 2.24) is 4.72 Å². The molecule has 0 aliphatic heterocycles. The molecule has 0 radical (unpaired) electrons. The van der Waals surface area contributed by atoms with Crippen molar-refractivity contribution in [3.8, 4) is 0 Å². The van der Waals surface area contributed by atoms with Crippen molar-refractivity contribution in [2.45, 2.75) is 43.5 Å². The smallest absolute Gasteiger partial charge is 0.240 e. The number of Topliss-reactive ketones (excluding diaryl/α,β-unsaturated/α-hetero) is 1. The van der Waals surface area contributed by atoms with E-state index in [-0.39, 0.29) is 16.7 Å². The van der Waals surface area contributed by atoms with Crippen LogP contribution in [0.2, 0.25) is 0 Å². The van der Waals surface area contributed by atoms with Gasteiger partial charge in [0.15, 0.2) is 5.78 Å². The number of hydrogen-bond acceptors (Lipinski definition) is 3. The van der Waals surface area contributed by atoms with E-state index in [0.29, 0.717) is 17.4 Å². The number of carbonyl (C=O) groups excluding carboxylic acids is 1. The molecule has 1 N–H and O–H groups in total. The van der Waals surface area contributed by atoms with Crippen LogP contribution in [-0.4, -0.2) is 20.2 Å². The Labute approximate surface area is 119 Å². The van der Waals surface area contributed by atoms with Gasteiger partial charge >= 0.3 is 0 Å². The lowest BCUT2D eigenvalue weighted by Gasteiger charge is -2.17. The minimum Gasteiger partial charge on any atom is -0.295 e. The number of rotatable bonds is 6. The topological polar surface area (TPSA) is 63.2 Å². The van der Waals surface area contributed by atoms with Crippen LogP contribution in [0.25, 0.3) is 0 Å². The molecular weight excluding hydrogens is 274 g/mol. The van der Waals surface area contributed by atoms with Crippen molar-refractivity contribution in [3.05, 3.63) is 29.8 Å². The third kappa shape index (κ3) is 2.94. The minimum absolute atomic E-state index is 0.0842. The molecule has 1 aromatic carbocycles. The molecule has 0 amide bonds. The van der Waals surface area contributed by atoms with Gasteiger partial charge in [0.25, 0.3) is 0 Å². The summed E-state index contributed by atoms with van der Waals surface area (Å²) in [5, 5.41) is 0. The maximum absolute atomic E-state index is 12.5. The van der Waals surface area contributed by atoms with Crippen molar-refractivity contribution in [1.29, 1.82) is 0 Å². The van der Waals surface area contributed by atoms with Crippen molar-refractivity contribution < 1.29 is 13.2 Å². The molecule has 20 heavy (non-hydrogen) atoms. The number of hydrogen-bond donors (Lipinski definition) is 1. The van der Waals surface area contributed by atoms with Crippen molar-refractivity contribution in [2.75, 3.05) is 0 Å². The molecule has 1 aromatic rings. The van der Waals surface area contributed by atoms with Crippen molar-refractivity contribution in [2.24, 2.45) is 11.8 Å². The van der Waals surface area contributed by atoms with E-state index < -0.39 is 10.0 Å². The van der Waals surface area contributed by atoms with Crippen LogP contribution in [-0.2, 0) is 10.0 Å². The zero-order valence-corrected chi connectivity index (χ0v) is 12.3. The Bertz CT molecular complexity index is 618. The highest BCUT2D eigenvalue weighted by atomic mass is 32.2. The maximum atomic E-state index is 12.5. The van der Waals surface area contributed by atoms with E-state index in [2.05, 4.69) is 4.72 Å². The third-order valence-corrected chi connectivity index (χ3v) is 5.56. The van der Waals surface area contributed by atoms with Gasteiger partial charge in [-0.1, -0.05) is 12.1 Å². The molecular formula is C15H19NO3S. The summed E-state index contributed by atoms with van der Waals surface area (Å²) < 4.78 is 27.8. The van der Waals surface area contributed by atoms with Gasteiger partial charge in [0.05, 0.1) is 4.90 Å². The molecule has 2 aliphatic carbocycles. The highest BCUT2D eigenvalue weighted by Gasteiger charge is 2.43. The second-order valence-corrected chi connectivity index (χ2v) is 7.62. The molecule has 2 aliphatic rings. The van der Waals surface area contributed by atoms with Gasteiger partial charge in [-0.25, -0.2) is 13.1 Å². The molecule has 0 bridgehead atoms. The zero-order chi connectivity index (χ0) is 14.3. The Morgan fingerprint density at radius 2 is 1.80 bits per heavy atom. The number of sulfonamides is 1. The summed E-state index contributed by atoms with van der Waals surface area (Å²) in [5.74, 6) is 0.893. The van der Waals surface area contributed by atoms with Gasteiger partial charge in [0.1, 0.15) is 0 Å². The van der Waals surface area contributed by atoms with E-state index in [1.165, 1.54) is 13.0 Å². The highest BCUT2D eigenvalue weighted by molar-refractivity contribution is 7.89. The van der Waals surface area contributed by atoms with E-state index in [0.717, 1.165) is 25.7 Å². The summed E-state index contributed by atoms with van der Waals surface area (Å²) in [6.45, 7) is 1.44. The van der Waals surface area contributed by atoms with Crippen LogP contribution in [0.4, 0.5) is 0 Å². The fourth-order valence-corrected chi connectivity index (χ4v) is 4.04. The fourth-order valence-electron chi connectivity index (χ4n) is 2.62. The number of nitrogens with one attached hydrogen (secondary N) is 1. The monoisotopic (exact) mass is 293 g/mol. The molecule has 2 saturated carbocycles. The van der Waals surface area contributed by atoms with Crippen LogP contribution in [0, 0.1) is 11.8 Å². The predicted molar refractivity (Wildman–Crippen MR) is 76.0 cm³/mol. The first-order valence-electron chi connectivity index (χ1n) is 7.11. The Morgan fingerprint density at radius 1 is 1.20 bits per heavy atom. The van der Waals surface area contributed by atoms with Crippen molar-refractivity contribution in [3.63, 3.8) is 0 Å². The molecule has 108 valence electrons. The van der Waals surface area contributed by atoms with Gasteiger partial charge in [-0.3, -0.25) is 4.79 Å². The van der Waals surface area contributed by atoms with Gasteiger partial charge < -0.3 is 0 Å². The first-order chi connectivity index (χ1) is 9.47. The number of carbonyl (C=O) groups is 1. The largest absolute Gasteiger partial charge is 0.295 e. The van der Waals surface area contributed by atoms with Gasteiger partial charge in [0, 0.05) is 11.6 Å². The van der Waals surface area contributed by atoms with E-state index in [1.54, 1.807) is 18.2 Å². The lowest BCUT2D eigenvalue weighted by molar-refractivity contribution is 0.101. The summed E-state index contributed by atoms with van der Waals surface area (Å²) >= 11 is 0. The first kappa shape index (κ1) is 13.8. The second-order valence-electron chi connectivity index (χ2n) is 5.91. The summed E-state index contributed by atoms with van der Waals surface area (Å²) in [7, 11) is -3.53. The van der Waals surface area contributed by atoms with Crippen LogP contribution in [0.15, 0.2) is 29.2 Å². The van der Waals surface area contributed by atoms with Gasteiger partial charge in [-0.2, -0.15) is 0 Å². The average molecular weight is 293 g/mol. The quantitative estimate of drug-likeness (QED) is 0.819. The molecule has 0 atom stereocenters. The molecule has 3 rings (SSSR count). The summed E-state index contributed by atoms with van der Waals surface area (Å²) in [4.78, 5) is 11.6. The third-order valence-electron chi connectivity index (χ3n) is 4.10. The molecule has 0 saturated heterocycles. The van der Waals surface area contributed by atoms with Crippen LogP contribution in [0.1, 0.15) is 43.0 Å². The zero-order valence-electron chi connectivity index (χ0n) is 11.5. The normalized spacial score (nSPS) is 19.3. The van der Waals surface area contributed by atoms with Gasteiger partial charge in [0.2, 0.25) is 10.0 Å². The van der Waals surface area contributed by atoms with E-state index >= 15 is 0 Å².